The topological polar surface area (TPSA) is 59.7 Å². The number of hydrogen-bond acceptors (Lipinski definition) is 5. The van der Waals surface area contributed by atoms with E-state index in [1.807, 2.05) is 43.1 Å². The van der Waals surface area contributed by atoms with Crippen LogP contribution in [0.3, 0.4) is 0 Å². The Balaban J connectivity index is 2.00. The van der Waals surface area contributed by atoms with E-state index in [9.17, 15) is 0 Å². The molecule has 21 heavy (non-hydrogen) atoms. The van der Waals surface area contributed by atoms with Gasteiger partial charge in [-0.25, -0.2) is 4.68 Å². The highest BCUT2D eigenvalue weighted by atomic mass is 35.5. The molecule has 0 aliphatic carbocycles. The number of hydrogen-bond donors (Lipinski definition) is 0. The van der Waals surface area contributed by atoms with Crippen LogP contribution in [0.5, 0.6) is 0 Å². The largest absolute Gasteiger partial charge is 0.313 e. The molecule has 0 aliphatic heterocycles. The minimum Gasteiger partial charge on any atom is -0.313 e. The van der Waals surface area contributed by atoms with Gasteiger partial charge in [0.05, 0.1) is 0 Å². The highest BCUT2D eigenvalue weighted by molar-refractivity contribution is 6.28. The molecule has 106 valence electrons. The number of rotatable bonds is 3. The Morgan fingerprint density at radius 3 is 2.52 bits per heavy atom. The van der Waals surface area contributed by atoms with Crippen LogP contribution < -0.4 is 4.90 Å². The third-order valence-electron chi connectivity index (χ3n) is 3.02. The Labute approximate surface area is 127 Å². The quantitative estimate of drug-likeness (QED) is 0.744. The fourth-order valence-electron chi connectivity index (χ4n) is 1.85. The van der Waals surface area contributed by atoms with Gasteiger partial charge in [0.25, 0.3) is 5.95 Å². The zero-order valence-electron chi connectivity index (χ0n) is 11.6. The van der Waals surface area contributed by atoms with Crippen LogP contribution in [0.2, 0.25) is 5.28 Å². The van der Waals surface area contributed by atoms with Gasteiger partial charge < -0.3 is 4.90 Å². The first-order chi connectivity index (χ1) is 10.1. The molecule has 6 nitrogen and oxygen atoms in total. The van der Waals surface area contributed by atoms with Gasteiger partial charge in [0.15, 0.2) is 0 Å². The van der Waals surface area contributed by atoms with Gasteiger partial charge in [-0.05, 0) is 36.7 Å². The molecule has 0 radical (unpaired) electrons. The minimum absolute atomic E-state index is 0.129. The molecule has 0 fully saturated rings. The van der Waals surface area contributed by atoms with Crippen LogP contribution in [-0.4, -0.2) is 31.8 Å². The van der Waals surface area contributed by atoms with Crippen molar-refractivity contribution in [2.45, 2.75) is 6.92 Å². The van der Waals surface area contributed by atoms with E-state index >= 15 is 0 Å². The second kappa shape index (κ2) is 5.49. The van der Waals surface area contributed by atoms with Gasteiger partial charge in [-0.15, -0.1) is 0 Å². The SMILES string of the molecule is Cc1ccc(N(C)c2nc(Cl)nc(-n3cccn3)n2)cc1. The zero-order chi connectivity index (χ0) is 14.8. The maximum Gasteiger partial charge on any atom is 0.256 e. The number of anilines is 2. The van der Waals surface area contributed by atoms with Gasteiger partial charge in [0.1, 0.15) is 0 Å². The first-order valence-electron chi connectivity index (χ1n) is 6.35. The highest BCUT2D eigenvalue weighted by Crippen LogP contribution is 2.21. The van der Waals surface area contributed by atoms with Crippen LogP contribution >= 0.6 is 11.6 Å². The number of aryl methyl sites for hydroxylation is 1. The van der Waals surface area contributed by atoms with E-state index in [-0.39, 0.29) is 5.28 Å². The Kier molecular flexibility index (Phi) is 3.53. The molecular formula is C14H13ClN6. The monoisotopic (exact) mass is 300 g/mol. The fraction of sp³-hybridized carbons (Fsp3) is 0.143. The molecule has 0 saturated heterocycles. The minimum atomic E-state index is 0.129. The number of halogens is 1. The molecule has 7 heteroatoms. The molecule has 0 atom stereocenters. The molecule has 0 bridgehead atoms. The zero-order valence-corrected chi connectivity index (χ0v) is 12.4. The third-order valence-corrected chi connectivity index (χ3v) is 3.18. The fourth-order valence-corrected chi connectivity index (χ4v) is 2.00. The standard InChI is InChI=1S/C14H13ClN6/c1-10-4-6-11(7-5-10)20(2)13-17-12(15)18-14(19-13)21-9-3-8-16-21/h3-9H,1-2H3. The van der Waals surface area contributed by atoms with E-state index in [4.69, 9.17) is 11.6 Å². The van der Waals surface area contributed by atoms with Crippen molar-refractivity contribution in [1.82, 2.24) is 24.7 Å². The molecule has 0 unspecified atom stereocenters. The predicted octanol–water partition coefficient (Wildman–Crippen LogP) is 2.79. The molecule has 0 spiro atoms. The summed E-state index contributed by atoms with van der Waals surface area (Å²) in [6, 6.07) is 9.86. The van der Waals surface area contributed by atoms with Crippen molar-refractivity contribution in [3.8, 4) is 5.95 Å². The number of aromatic nitrogens is 5. The molecule has 2 heterocycles. The lowest BCUT2D eigenvalue weighted by Gasteiger charge is -2.17. The molecule has 0 aliphatic rings. The number of nitrogens with zero attached hydrogens (tertiary/aromatic N) is 6. The summed E-state index contributed by atoms with van der Waals surface area (Å²) in [5, 5.41) is 4.23. The van der Waals surface area contributed by atoms with E-state index in [1.54, 1.807) is 23.1 Å². The van der Waals surface area contributed by atoms with Gasteiger partial charge in [-0.3, -0.25) is 0 Å². The first-order valence-corrected chi connectivity index (χ1v) is 6.73. The predicted molar refractivity (Wildman–Crippen MR) is 81.2 cm³/mol. The molecule has 0 saturated carbocycles. The van der Waals surface area contributed by atoms with Gasteiger partial charge in [0, 0.05) is 25.1 Å². The highest BCUT2D eigenvalue weighted by Gasteiger charge is 2.12. The van der Waals surface area contributed by atoms with Crippen molar-refractivity contribution in [2.75, 3.05) is 11.9 Å². The molecule has 0 N–H and O–H groups in total. The average molecular weight is 301 g/mol. The maximum absolute atomic E-state index is 5.99. The van der Waals surface area contributed by atoms with E-state index < -0.39 is 0 Å². The summed E-state index contributed by atoms with van der Waals surface area (Å²) in [6.45, 7) is 2.04. The summed E-state index contributed by atoms with van der Waals surface area (Å²) in [5.41, 5.74) is 2.16. The lowest BCUT2D eigenvalue weighted by atomic mass is 10.2. The smallest absolute Gasteiger partial charge is 0.256 e. The van der Waals surface area contributed by atoms with Gasteiger partial charge in [-0.1, -0.05) is 17.7 Å². The van der Waals surface area contributed by atoms with Crippen molar-refractivity contribution in [1.29, 1.82) is 0 Å². The Morgan fingerprint density at radius 2 is 1.86 bits per heavy atom. The van der Waals surface area contributed by atoms with Crippen molar-refractivity contribution in [2.24, 2.45) is 0 Å². The van der Waals surface area contributed by atoms with E-state index in [2.05, 4.69) is 20.1 Å². The van der Waals surface area contributed by atoms with E-state index in [0.717, 1.165) is 5.69 Å². The van der Waals surface area contributed by atoms with E-state index in [0.29, 0.717) is 11.9 Å². The van der Waals surface area contributed by atoms with E-state index in [1.165, 1.54) is 5.56 Å². The van der Waals surface area contributed by atoms with Gasteiger partial charge in [-0.2, -0.15) is 20.1 Å². The Hall–Kier alpha value is -2.47. The summed E-state index contributed by atoms with van der Waals surface area (Å²) >= 11 is 5.99. The molecule has 1 aromatic carbocycles. The van der Waals surface area contributed by atoms with Crippen LogP contribution in [0, 0.1) is 6.92 Å². The molecular weight excluding hydrogens is 288 g/mol. The molecule has 3 rings (SSSR count). The maximum atomic E-state index is 5.99. The van der Waals surface area contributed by atoms with Crippen molar-refractivity contribution in [3.63, 3.8) is 0 Å². The van der Waals surface area contributed by atoms with Crippen LogP contribution in [0.25, 0.3) is 5.95 Å². The second-order valence-electron chi connectivity index (χ2n) is 4.55. The number of benzene rings is 1. The normalized spacial score (nSPS) is 10.6. The summed E-state index contributed by atoms with van der Waals surface area (Å²) in [4.78, 5) is 14.5. The van der Waals surface area contributed by atoms with Crippen molar-refractivity contribution < 1.29 is 0 Å². The van der Waals surface area contributed by atoms with Crippen LogP contribution in [0.15, 0.2) is 42.7 Å². The molecule has 2 aromatic heterocycles. The second-order valence-corrected chi connectivity index (χ2v) is 4.89. The van der Waals surface area contributed by atoms with Crippen molar-refractivity contribution >= 4 is 23.2 Å². The first kappa shape index (κ1) is 13.5. The van der Waals surface area contributed by atoms with Gasteiger partial charge >= 0.3 is 0 Å². The third kappa shape index (κ3) is 2.85. The lowest BCUT2D eigenvalue weighted by Crippen LogP contribution is -2.15. The van der Waals surface area contributed by atoms with Crippen LogP contribution in [0.1, 0.15) is 5.56 Å². The van der Waals surface area contributed by atoms with Crippen molar-refractivity contribution in [3.05, 3.63) is 53.6 Å². The Morgan fingerprint density at radius 1 is 1.10 bits per heavy atom. The summed E-state index contributed by atoms with van der Waals surface area (Å²) in [7, 11) is 1.88. The van der Waals surface area contributed by atoms with Crippen LogP contribution in [0.4, 0.5) is 11.6 Å². The molecule has 0 amide bonds. The summed E-state index contributed by atoms with van der Waals surface area (Å²) in [5.74, 6) is 0.846. The van der Waals surface area contributed by atoms with Crippen LogP contribution in [-0.2, 0) is 0 Å². The summed E-state index contributed by atoms with van der Waals surface area (Å²) in [6.07, 6.45) is 3.41. The molecule has 3 aromatic rings. The lowest BCUT2D eigenvalue weighted by molar-refractivity contribution is 0.791. The summed E-state index contributed by atoms with van der Waals surface area (Å²) < 4.78 is 1.54. The average Bonchev–Trinajstić information content (AvgIpc) is 3.01. The Bertz CT molecular complexity index is 739. The van der Waals surface area contributed by atoms with Gasteiger partial charge in [0.2, 0.25) is 11.2 Å².